The monoisotopic (exact) mass is 284 g/mol. The van der Waals surface area contributed by atoms with E-state index in [0.717, 1.165) is 10.7 Å². The maximum atomic E-state index is 9.31. The molecule has 0 radical (unpaired) electrons. The fraction of sp³-hybridized carbons (Fsp3) is 0.267. The summed E-state index contributed by atoms with van der Waals surface area (Å²) in [5, 5.41) is 17.8. The van der Waals surface area contributed by atoms with Gasteiger partial charge in [0.25, 0.3) is 0 Å². The van der Waals surface area contributed by atoms with Crippen LogP contribution in [-0.4, -0.2) is 20.0 Å². The summed E-state index contributed by atoms with van der Waals surface area (Å²) in [5.41, 5.74) is 2.38. The molecule has 2 aromatic rings. The van der Waals surface area contributed by atoms with Crippen LogP contribution in [0.4, 0.5) is 0 Å². The van der Waals surface area contributed by atoms with Crippen molar-refractivity contribution in [3.05, 3.63) is 54.4 Å². The normalized spacial score (nSPS) is 11.8. The van der Waals surface area contributed by atoms with Crippen molar-refractivity contribution in [3.63, 3.8) is 0 Å². The van der Waals surface area contributed by atoms with Gasteiger partial charge < -0.3 is 4.57 Å². The molecule has 0 aliphatic heterocycles. The molecular formula is C15H16N4S. The third-order valence-electron chi connectivity index (χ3n) is 2.84. The van der Waals surface area contributed by atoms with Crippen molar-refractivity contribution in [3.8, 4) is 6.07 Å². The van der Waals surface area contributed by atoms with Crippen LogP contribution in [0.15, 0.2) is 48.4 Å². The van der Waals surface area contributed by atoms with Gasteiger partial charge in [-0.1, -0.05) is 47.7 Å². The quantitative estimate of drug-likeness (QED) is 0.604. The molecule has 5 heteroatoms. The van der Waals surface area contributed by atoms with Crippen LogP contribution in [0, 0.1) is 18.3 Å². The van der Waals surface area contributed by atoms with Gasteiger partial charge in [0.2, 0.25) is 0 Å². The lowest BCUT2D eigenvalue weighted by Gasteiger charge is -2.09. The lowest BCUT2D eigenvalue weighted by atomic mass is 10.1. The van der Waals surface area contributed by atoms with Crippen molar-refractivity contribution in [1.29, 1.82) is 5.26 Å². The van der Waals surface area contributed by atoms with Crippen molar-refractivity contribution in [2.45, 2.75) is 30.3 Å². The number of hydrogen-bond donors (Lipinski definition) is 0. The van der Waals surface area contributed by atoms with Crippen molar-refractivity contribution in [1.82, 2.24) is 14.8 Å². The Kier molecular flexibility index (Phi) is 4.97. The fourth-order valence-corrected chi connectivity index (χ4v) is 2.71. The molecule has 102 valence electrons. The minimum absolute atomic E-state index is 0.175. The summed E-state index contributed by atoms with van der Waals surface area (Å²) in [5.74, 6) is 0. The Bertz CT molecular complexity index is 610. The van der Waals surface area contributed by atoms with E-state index in [4.69, 9.17) is 0 Å². The van der Waals surface area contributed by atoms with Crippen LogP contribution in [-0.2, 0) is 13.0 Å². The first-order chi connectivity index (χ1) is 9.72. The first-order valence-corrected chi connectivity index (χ1v) is 7.21. The third kappa shape index (κ3) is 3.72. The average Bonchev–Trinajstić information content (AvgIpc) is 2.88. The molecule has 0 bridgehead atoms. The highest BCUT2D eigenvalue weighted by atomic mass is 32.2. The zero-order chi connectivity index (χ0) is 14.4. The second-order valence-electron chi connectivity index (χ2n) is 4.48. The van der Waals surface area contributed by atoms with E-state index in [1.54, 1.807) is 12.4 Å². The average molecular weight is 284 g/mol. The minimum Gasteiger partial charge on any atom is -0.305 e. The van der Waals surface area contributed by atoms with Crippen LogP contribution in [0.2, 0.25) is 0 Å². The van der Waals surface area contributed by atoms with Gasteiger partial charge in [-0.05, 0) is 18.9 Å². The van der Waals surface area contributed by atoms with Crippen LogP contribution in [0.1, 0.15) is 11.1 Å². The molecule has 1 unspecified atom stereocenters. The summed E-state index contributed by atoms with van der Waals surface area (Å²) in [7, 11) is 0. The highest BCUT2D eigenvalue weighted by Crippen LogP contribution is 2.23. The van der Waals surface area contributed by atoms with E-state index < -0.39 is 0 Å². The predicted molar refractivity (Wildman–Crippen MR) is 80.4 cm³/mol. The smallest absolute Gasteiger partial charge is 0.192 e. The predicted octanol–water partition coefficient (Wildman–Crippen LogP) is 3.00. The van der Waals surface area contributed by atoms with Crippen molar-refractivity contribution < 1.29 is 0 Å². The van der Waals surface area contributed by atoms with Crippen molar-refractivity contribution >= 4 is 11.8 Å². The standard InChI is InChI=1S/C15H16N4S/c1-3-8-19-11-17-18-15(19)20-14(10-16)9-13-6-4-12(2)5-7-13/h3-7,11,14H,1,8-9H2,2H3. The summed E-state index contributed by atoms with van der Waals surface area (Å²) >= 11 is 1.44. The third-order valence-corrected chi connectivity index (χ3v) is 3.92. The summed E-state index contributed by atoms with van der Waals surface area (Å²) in [6.07, 6.45) is 4.14. The number of nitrogens with zero attached hydrogens (tertiary/aromatic N) is 4. The lowest BCUT2D eigenvalue weighted by molar-refractivity contribution is 0.723. The molecule has 0 aliphatic rings. The van der Waals surface area contributed by atoms with Crippen LogP contribution >= 0.6 is 11.8 Å². The Morgan fingerprint density at radius 1 is 1.45 bits per heavy atom. The molecule has 2 rings (SSSR count). The Hall–Kier alpha value is -2.06. The number of aryl methyl sites for hydroxylation is 1. The Labute approximate surface area is 123 Å². The number of benzene rings is 1. The van der Waals surface area contributed by atoms with E-state index in [9.17, 15) is 5.26 Å². The molecule has 0 N–H and O–H groups in total. The van der Waals surface area contributed by atoms with E-state index in [1.807, 2.05) is 4.57 Å². The van der Waals surface area contributed by atoms with Crippen molar-refractivity contribution in [2.75, 3.05) is 0 Å². The first kappa shape index (κ1) is 14.4. The second kappa shape index (κ2) is 6.92. The number of nitriles is 1. The van der Waals surface area contributed by atoms with E-state index >= 15 is 0 Å². The molecular weight excluding hydrogens is 268 g/mol. The SMILES string of the molecule is C=CCn1cnnc1SC(C#N)Cc1ccc(C)cc1. The number of aromatic nitrogens is 3. The molecule has 0 fully saturated rings. The molecule has 0 saturated heterocycles. The van der Waals surface area contributed by atoms with Crippen molar-refractivity contribution in [2.24, 2.45) is 0 Å². The molecule has 0 saturated carbocycles. The summed E-state index contributed by atoms with van der Waals surface area (Å²) in [6, 6.07) is 10.6. The van der Waals surface area contributed by atoms with Crippen LogP contribution in [0.25, 0.3) is 0 Å². The maximum Gasteiger partial charge on any atom is 0.192 e. The molecule has 1 heterocycles. The highest BCUT2D eigenvalue weighted by Gasteiger charge is 2.14. The molecule has 0 amide bonds. The van der Waals surface area contributed by atoms with Gasteiger partial charge >= 0.3 is 0 Å². The van der Waals surface area contributed by atoms with E-state index in [2.05, 4.69) is 54.0 Å². The zero-order valence-electron chi connectivity index (χ0n) is 11.4. The van der Waals surface area contributed by atoms with E-state index in [0.29, 0.717) is 13.0 Å². The fourth-order valence-electron chi connectivity index (χ4n) is 1.78. The second-order valence-corrected chi connectivity index (χ2v) is 5.65. The van der Waals surface area contributed by atoms with Gasteiger partial charge in [-0.15, -0.1) is 16.8 Å². The Morgan fingerprint density at radius 3 is 2.85 bits per heavy atom. The summed E-state index contributed by atoms with van der Waals surface area (Å²) in [6.45, 7) is 6.41. The molecule has 1 atom stereocenters. The molecule has 20 heavy (non-hydrogen) atoms. The topological polar surface area (TPSA) is 54.5 Å². The van der Waals surface area contributed by atoms with E-state index in [1.165, 1.54) is 17.3 Å². The lowest BCUT2D eigenvalue weighted by Crippen LogP contribution is -2.06. The molecule has 0 aliphatic carbocycles. The summed E-state index contributed by atoms with van der Waals surface area (Å²) < 4.78 is 1.89. The zero-order valence-corrected chi connectivity index (χ0v) is 12.2. The van der Waals surface area contributed by atoms with Crippen LogP contribution in [0.5, 0.6) is 0 Å². The van der Waals surface area contributed by atoms with Crippen LogP contribution < -0.4 is 0 Å². The number of allylic oxidation sites excluding steroid dienone is 1. The van der Waals surface area contributed by atoms with Gasteiger partial charge in [0.05, 0.1) is 6.07 Å². The van der Waals surface area contributed by atoms with Gasteiger partial charge in [-0.3, -0.25) is 0 Å². The number of thioether (sulfide) groups is 1. The summed E-state index contributed by atoms with van der Waals surface area (Å²) in [4.78, 5) is 0. The highest BCUT2D eigenvalue weighted by molar-refractivity contribution is 8.00. The molecule has 1 aromatic carbocycles. The van der Waals surface area contributed by atoms with E-state index in [-0.39, 0.29) is 5.25 Å². The molecule has 0 spiro atoms. The molecule has 1 aromatic heterocycles. The Morgan fingerprint density at radius 2 is 2.20 bits per heavy atom. The largest absolute Gasteiger partial charge is 0.305 e. The van der Waals surface area contributed by atoms with Gasteiger partial charge in [0.1, 0.15) is 11.6 Å². The Balaban J connectivity index is 2.05. The van der Waals surface area contributed by atoms with Gasteiger partial charge in [0.15, 0.2) is 5.16 Å². The minimum atomic E-state index is -0.175. The molecule has 4 nitrogen and oxygen atoms in total. The number of hydrogen-bond acceptors (Lipinski definition) is 4. The van der Waals surface area contributed by atoms with Gasteiger partial charge in [0, 0.05) is 6.54 Å². The van der Waals surface area contributed by atoms with Gasteiger partial charge in [-0.25, -0.2) is 0 Å². The maximum absolute atomic E-state index is 9.31. The van der Waals surface area contributed by atoms with Gasteiger partial charge in [-0.2, -0.15) is 5.26 Å². The van der Waals surface area contributed by atoms with Crippen LogP contribution in [0.3, 0.4) is 0 Å². The number of rotatable bonds is 6. The first-order valence-electron chi connectivity index (χ1n) is 6.33.